The van der Waals surface area contributed by atoms with Crippen molar-refractivity contribution in [1.29, 1.82) is 5.26 Å². The van der Waals surface area contributed by atoms with Gasteiger partial charge in [0, 0.05) is 5.69 Å². The molecular formula is C13H11Cl2FIN3O2. The highest BCUT2D eigenvalue weighted by atomic mass is 127. The van der Waals surface area contributed by atoms with Crippen LogP contribution >= 0.6 is 45.8 Å². The molecule has 0 fully saturated rings. The van der Waals surface area contributed by atoms with Crippen LogP contribution in [-0.4, -0.2) is 28.6 Å². The van der Waals surface area contributed by atoms with E-state index in [1.54, 1.807) is 6.07 Å². The Kier molecular flexibility index (Phi) is 7.32. The Labute approximate surface area is 150 Å². The van der Waals surface area contributed by atoms with Crippen LogP contribution in [0.5, 0.6) is 0 Å². The van der Waals surface area contributed by atoms with Crippen LogP contribution in [0.15, 0.2) is 18.2 Å². The summed E-state index contributed by atoms with van der Waals surface area (Å²) in [6.07, 6.45) is 0. The van der Waals surface area contributed by atoms with Gasteiger partial charge in [-0.15, -0.1) is 0 Å². The van der Waals surface area contributed by atoms with Gasteiger partial charge in [0.25, 0.3) is 5.91 Å². The molecule has 0 saturated heterocycles. The molecule has 118 valence electrons. The van der Waals surface area contributed by atoms with E-state index >= 15 is 0 Å². The lowest BCUT2D eigenvalue weighted by molar-refractivity contribution is -0.126. The Bertz CT molecular complexity index is 622. The van der Waals surface area contributed by atoms with Crippen molar-refractivity contribution in [2.24, 2.45) is 0 Å². The molecule has 1 aromatic rings. The number of halogens is 4. The van der Waals surface area contributed by atoms with Crippen molar-refractivity contribution in [1.82, 2.24) is 5.32 Å². The molecule has 22 heavy (non-hydrogen) atoms. The van der Waals surface area contributed by atoms with Crippen LogP contribution in [0.25, 0.3) is 0 Å². The molecule has 0 radical (unpaired) electrons. The molecule has 1 aromatic carbocycles. The van der Waals surface area contributed by atoms with Gasteiger partial charge in [0.15, 0.2) is 0 Å². The van der Waals surface area contributed by atoms with Crippen molar-refractivity contribution in [3.63, 3.8) is 0 Å². The van der Waals surface area contributed by atoms with Crippen molar-refractivity contribution in [2.75, 3.05) is 11.4 Å². The van der Waals surface area contributed by atoms with E-state index in [2.05, 4.69) is 5.32 Å². The van der Waals surface area contributed by atoms with E-state index in [4.69, 9.17) is 28.5 Å². The second-order valence-corrected chi connectivity index (χ2v) is 6.07. The Morgan fingerprint density at radius 3 is 2.59 bits per heavy atom. The molecule has 0 spiro atoms. The summed E-state index contributed by atoms with van der Waals surface area (Å²) in [6.45, 7) is 1.21. The van der Waals surface area contributed by atoms with Crippen LogP contribution in [0.2, 0.25) is 10.0 Å². The van der Waals surface area contributed by atoms with E-state index < -0.39 is 22.0 Å². The highest BCUT2D eigenvalue weighted by Gasteiger charge is 2.31. The zero-order chi connectivity index (χ0) is 16.9. The van der Waals surface area contributed by atoms with Gasteiger partial charge in [0.1, 0.15) is 12.6 Å². The van der Waals surface area contributed by atoms with Crippen LogP contribution < -0.4 is 10.2 Å². The third-order valence-electron chi connectivity index (χ3n) is 2.71. The third-order valence-corrected chi connectivity index (χ3v) is 3.99. The topological polar surface area (TPSA) is 73.2 Å². The molecule has 0 aliphatic carbocycles. The summed E-state index contributed by atoms with van der Waals surface area (Å²) in [5.41, 5.74) is 0.235. The lowest BCUT2D eigenvalue weighted by Gasteiger charge is -2.28. The van der Waals surface area contributed by atoms with Gasteiger partial charge >= 0.3 is 0 Å². The summed E-state index contributed by atoms with van der Waals surface area (Å²) >= 11 is 13.0. The molecule has 0 aliphatic heterocycles. The SMILES string of the molecule is CC(C(=O)NCC#N)N(C(=O)C(F)I)c1ccc(Cl)c(Cl)c1. The van der Waals surface area contributed by atoms with Gasteiger partial charge in [-0.1, -0.05) is 23.2 Å². The summed E-state index contributed by atoms with van der Waals surface area (Å²) in [5.74, 6) is -1.49. The first-order valence-corrected chi connectivity index (χ1v) is 8.00. The maximum Gasteiger partial charge on any atom is 0.272 e. The molecule has 2 unspecified atom stereocenters. The minimum Gasteiger partial charge on any atom is -0.341 e. The number of nitriles is 1. The number of rotatable bonds is 5. The molecule has 0 saturated carbocycles. The van der Waals surface area contributed by atoms with Crippen molar-refractivity contribution >= 4 is 63.3 Å². The molecule has 0 aromatic heterocycles. The minimum atomic E-state index is -1.83. The number of anilines is 1. The highest BCUT2D eigenvalue weighted by molar-refractivity contribution is 14.1. The predicted octanol–water partition coefficient (Wildman–Crippen LogP) is 3.09. The summed E-state index contributed by atoms with van der Waals surface area (Å²) in [7, 11) is 0. The van der Waals surface area contributed by atoms with Gasteiger partial charge in [0.2, 0.25) is 10.1 Å². The van der Waals surface area contributed by atoms with Crippen LogP contribution in [0.4, 0.5) is 10.1 Å². The fraction of sp³-hybridized carbons (Fsp3) is 0.308. The number of carbonyl (C=O) groups is 2. The van der Waals surface area contributed by atoms with Crippen molar-refractivity contribution in [3.8, 4) is 6.07 Å². The van der Waals surface area contributed by atoms with Gasteiger partial charge < -0.3 is 5.32 Å². The standard InChI is InChI=1S/C13H11Cl2FIN3O2/c1-7(12(21)19-5-4-18)20(13(22)11(16)17)8-2-3-9(14)10(15)6-8/h2-3,6-7,11H,5H2,1H3,(H,19,21). The largest absolute Gasteiger partial charge is 0.341 e. The minimum absolute atomic E-state index is 0.172. The fourth-order valence-corrected chi connectivity index (χ4v) is 2.27. The summed E-state index contributed by atoms with van der Waals surface area (Å²) < 4.78 is 11.6. The van der Waals surface area contributed by atoms with Crippen LogP contribution in [-0.2, 0) is 9.59 Å². The lowest BCUT2D eigenvalue weighted by atomic mass is 10.2. The van der Waals surface area contributed by atoms with E-state index in [9.17, 15) is 14.0 Å². The Morgan fingerprint density at radius 1 is 1.45 bits per heavy atom. The molecule has 2 amide bonds. The molecule has 2 atom stereocenters. The smallest absolute Gasteiger partial charge is 0.272 e. The van der Waals surface area contributed by atoms with E-state index in [-0.39, 0.29) is 22.3 Å². The van der Waals surface area contributed by atoms with Gasteiger partial charge in [-0.25, -0.2) is 4.39 Å². The van der Waals surface area contributed by atoms with Crippen molar-refractivity contribution < 1.29 is 14.0 Å². The van der Waals surface area contributed by atoms with E-state index in [1.165, 1.54) is 47.7 Å². The average molecular weight is 458 g/mol. The number of amides is 2. The van der Waals surface area contributed by atoms with Gasteiger partial charge in [0.05, 0.1) is 16.1 Å². The maximum absolute atomic E-state index is 13.4. The Morgan fingerprint density at radius 2 is 2.09 bits per heavy atom. The zero-order valence-electron chi connectivity index (χ0n) is 11.3. The normalized spacial score (nSPS) is 12.9. The quantitative estimate of drug-likeness (QED) is 0.419. The molecule has 5 nitrogen and oxygen atoms in total. The first-order chi connectivity index (χ1) is 10.3. The second-order valence-electron chi connectivity index (χ2n) is 4.16. The highest BCUT2D eigenvalue weighted by Crippen LogP contribution is 2.29. The first-order valence-electron chi connectivity index (χ1n) is 6.00. The van der Waals surface area contributed by atoms with Crippen molar-refractivity contribution in [3.05, 3.63) is 28.2 Å². The fourth-order valence-electron chi connectivity index (χ4n) is 1.67. The van der Waals surface area contributed by atoms with Crippen LogP contribution in [0.3, 0.4) is 0 Å². The lowest BCUT2D eigenvalue weighted by Crippen LogP contribution is -2.50. The monoisotopic (exact) mass is 457 g/mol. The number of nitrogens with one attached hydrogen (secondary N) is 1. The molecule has 9 heteroatoms. The Hall–Kier alpha value is -1.11. The number of alkyl halides is 2. The molecule has 0 bridgehead atoms. The van der Waals surface area contributed by atoms with E-state index in [0.717, 1.165) is 4.90 Å². The molecule has 1 N–H and O–H groups in total. The van der Waals surface area contributed by atoms with Gasteiger partial charge in [-0.05, 0) is 47.7 Å². The zero-order valence-corrected chi connectivity index (χ0v) is 15.0. The molecule has 0 heterocycles. The first kappa shape index (κ1) is 18.9. The van der Waals surface area contributed by atoms with E-state index in [1.807, 2.05) is 0 Å². The number of hydrogen-bond acceptors (Lipinski definition) is 3. The van der Waals surface area contributed by atoms with Gasteiger partial charge in [-0.2, -0.15) is 5.26 Å². The summed E-state index contributed by atoms with van der Waals surface area (Å²) in [4.78, 5) is 25.0. The predicted molar refractivity (Wildman–Crippen MR) is 90.9 cm³/mol. The second kappa shape index (κ2) is 8.50. The maximum atomic E-state index is 13.4. The molecule has 0 aliphatic rings. The van der Waals surface area contributed by atoms with Gasteiger partial charge in [-0.3, -0.25) is 14.5 Å². The number of carbonyl (C=O) groups excluding carboxylic acids is 2. The Balaban J connectivity index is 3.18. The summed E-state index contributed by atoms with van der Waals surface area (Å²) in [5, 5.41) is 11.2. The third kappa shape index (κ3) is 4.69. The molecular weight excluding hydrogens is 447 g/mol. The van der Waals surface area contributed by atoms with Crippen LogP contribution in [0.1, 0.15) is 6.92 Å². The number of hydrogen-bond donors (Lipinski definition) is 1. The van der Waals surface area contributed by atoms with Crippen LogP contribution in [0, 0.1) is 11.3 Å². The van der Waals surface area contributed by atoms with Crippen molar-refractivity contribution in [2.45, 2.75) is 17.1 Å². The average Bonchev–Trinajstić information content (AvgIpc) is 2.48. The molecule has 1 rings (SSSR count). The summed E-state index contributed by atoms with van der Waals surface area (Å²) in [6, 6.07) is 5.00. The van der Waals surface area contributed by atoms with E-state index in [0.29, 0.717) is 0 Å². The number of benzene rings is 1. The number of nitrogens with zero attached hydrogens (tertiary/aromatic N) is 2.